The number of guanidine groups is 1. The van der Waals surface area contributed by atoms with E-state index in [4.69, 9.17) is 9.47 Å². The molecule has 1 aliphatic rings. The van der Waals surface area contributed by atoms with Crippen molar-refractivity contribution in [3.63, 3.8) is 0 Å². The van der Waals surface area contributed by atoms with Gasteiger partial charge in [0.2, 0.25) is 6.79 Å². The Balaban J connectivity index is 0.00000385. The van der Waals surface area contributed by atoms with E-state index >= 15 is 0 Å². The van der Waals surface area contributed by atoms with E-state index in [9.17, 15) is 4.79 Å². The number of benzene rings is 2. The highest BCUT2D eigenvalue weighted by Crippen LogP contribution is 2.32. The van der Waals surface area contributed by atoms with Crippen LogP contribution < -0.4 is 25.4 Å². The van der Waals surface area contributed by atoms with Crippen LogP contribution in [-0.2, 0) is 13.0 Å². The number of likely N-dealkylation sites (N-methyl/N-ethyl adjacent to an activating group) is 1. The molecular weight excluding hydrogens is 533 g/mol. The predicted octanol–water partition coefficient (Wildman–Crippen LogP) is 2.62. The Hall–Kier alpha value is -2.53. The summed E-state index contributed by atoms with van der Waals surface area (Å²) in [6.45, 7) is 5.73. The van der Waals surface area contributed by atoms with Crippen molar-refractivity contribution in [2.75, 3.05) is 47.1 Å². The Labute approximate surface area is 213 Å². The van der Waals surface area contributed by atoms with Crippen molar-refractivity contribution in [2.45, 2.75) is 19.9 Å². The number of carbonyl (C=O) groups is 1. The zero-order valence-electron chi connectivity index (χ0n) is 19.5. The van der Waals surface area contributed by atoms with Crippen LogP contribution in [0.25, 0.3) is 0 Å². The number of aliphatic imine (C=N–C) groups is 1. The highest BCUT2D eigenvalue weighted by Gasteiger charge is 2.13. The van der Waals surface area contributed by atoms with Gasteiger partial charge in [0.15, 0.2) is 17.5 Å². The maximum Gasteiger partial charge on any atom is 0.251 e. The van der Waals surface area contributed by atoms with Crippen LogP contribution in [-0.4, -0.2) is 63.8 Å². The van der Waals surface area contributed by atoms with Gasteiger partial charge in [0.05, 0.1) is 6.54 Å². The fraction of sp³-hybridized carbons (Fsp3) is 0.417. The van der Waals surface area contributed by atoms with Crippen molar-refractivity contribution in [2.24, 2.45) is 4.99 Å². The van der Waals surface area contributed by atoms with E-state index in [2.05, 4.69) is 20.9 Å². The second-order valence-electron chi connectivity index (χ2n) is 7.82. The molecule has 0 fully saturated rings. The largest absolute Gasteiger partial charge is 0.454 e. The number of fused-ring (bicyclic) bond motifs is 1. The van der Waals surface area contributed by atoms with E-state index in [-0.39, 0.29) is 36.7 Å². The molecule has 33 heavy (non-hydrogen) atoms. The minimum Gasteiger partial charge on any atom is -0.454 e. The Bertz CT molecular complexity index is 936. The molecule has 2 aromatic rings. The first-order valence-electron chi connectivity index (χ1n) is 11.0. The van der Waals surface area contributed by atoms with Crippen molar-refractivity contribution in [3.05, 3.63) is 59.2 Å². The lowest BCUT2D eigenvalue weighted by Crippen LogP contribution is -2.38. The number of hydrogen-bond acceptors (Lipinski definition) is 5. The zero-order chi connectivity index (χ0) is 22.8. The lowest BCUT2D eigenvalue weighted by atomic mass is 10.1. The molecule has 3 N–H and O–H groups in total. The summed E-state index contributed by atoms with van der Waals surface area (Å²) in [5.74, 6) is 2.28. The molecule has 0 aromatic heterocycles. The first-order chi connectivity index (χ1) is 15.5. The topological polar surface area (TPSA) is 87.2 Å². The van der Waals surface area contributed by atoms with Crippen molar-refractivity contribution < 1.29 is 14.3 Å². The molecule has 1 amide bonds. The van der Waals surface area contributed by atoms with E-state index in [1.54, 1.807) is 0 Å². The van der Waals surface area contributed by atoms with Gasteiger partial charge in [-0.3, -0.25) is 4.79 Å². The average Bonchev–Trinajstić information content (AvgIpc) is 3.25. The van der Waals surface area contributed by atoms with Crippen molar-refractivity contribution in [1.82, 2.24) is 20.9 Å². The van der Waals surface area contributed by atoms with Crippen LogP contribution in [0.4, 0.5) is 0 Å². The standard InChI is InChI=1S/C24H33N5O3.HI/c1-4-25-24(27-11-10-18-8-9-21-22(15-18)32-17-31-21)28-16-19-6-5-7-20(14-19)23(30)26-12-13-29(2)3;/h5-9,14-15H,4,10-13,16-17H2,1-3H3,(H,26,30)(H2,25,27,28);1H. The van der Waals surface area contributed by atoms with Crippen LogP contribution in [0.15, 0.2) is 47.5 Å². The quantitative estimate of drug-likeness (QED) is 0.233. The van der Waals surface area contributed by atoms with E-state index in [1.165, 1.54) is 5.56 Å². The van der Waals surface area contributed by atoms with E-state index in [0.717, 1.165) is 49.1 Å². The molecule has 0 atom stereocenters. The van der Waals surface area contributed by atoms with Crippen LogP contribution in [0.1, 0.15) is 28.4 Å². The lowest BCUT2D eigenvalue weighted by Gasteiger charge is -2.12. The molecular formula is C24H34IN5O3. The highest BCUT2D eigenvalue weighted by atomic mass is 127. The van der Waals surface area contributed by atoms with Crippen LogP contribution in [0.5, 0.6) is 11.5 Å². The SMILES string of the molecule is CCNC(=NCc1cccc(C(=O)NCCN(C)C)c1)NCCc1ccc2c(c1)OCO2.I. The number of carbonyl (C=O) groups excluding carboxylic acids is 1. The normalized spacial score (nSPS) is 12.3. The molecule has 0 radical (unpaired) electrons. The Morgan fingerprint density at radius 3 is 2.61 bits per heavy atom. The first kappa shape index (κ1) is 26.7. The van der Waals surface area contributed by atoms with Gasteiger partial charge in [0, 0.05) is 31.7 Å². The molecule has 3 rings (SSSR count). The third-order valence-corrected chi connectivity index (χ3v) is 4.94. The average molecular weight is 567 g/mol. The summed E-state index contributed by atoms with van der Waals surface area (Å²) in [5, 5.41) is 9.58. The number of amides is 1. The molecule has 180 valence electrons. The van der Waals surface area contributed by atoms with Crippen LogP contribution in [0, 0.1) is 0 Å². The number of rotatable bonds is 10. The van der Waals surface area contributed by atoms with Gasteiger partial charge < -0.3 is 30.3 Å². The van der Waals surface area contributed by atoms with E-state index in [1.807, 2.05) is 68.4 Å². The minimum atomic E-state index is -0.0635. The molecule has 0 saturated heterocycles. The predicted molar refractivity (Wildman–Crippen MR) is 142 cm³/mol. The van der Waals surface area contributed by atoms with E-state index in [0.29, 0.717) is 18.7 Å². The van der Waals surface area contributed by atoms with Gasteiger partial charge >= 0.3 is 0 Å². The van der Waals surface area contributed by atoms with Gasteiger partial charge in [0.1, 0.15) is 0 Å². The number of ether oxygens (including phenoxy) is 2. The summed E-state index contributed by atoms with van der Waals surface area (Å²) in [6, 6.07) is 13.6. The second-order valence-corrected chi connectivity index (χ2v) is 7.82. The van der Waals surface area contributed by atoms with Gasteiger partial charge in [-0.1, -0.05) is 18.2 Å². The molecule has 1 aliphatic heterocycles. The highest BCUT2D eigenvalue weighted by molar-refractivity contribution is 14.0. The fourth-order valence-corrected chi connectivity index (χ4v) is 3.24. The molecule has 0 saturated carbocycles. The second kappa shape index (κ2) is 13.9. The molecule has 8 nitrogen and oxygen atoms in total. The summed E-state index contributed by atoms with van der Waals surface area (Å²) >= 11 is 0. The third kappa shape index (κ3) is 8.73. The van der Waals surface area contributed by atoms with Crippen molar-refractivity contribution in [1.29, 1.82) is 0 Å². The first-order valence-corrected chi connectivity index (χ1v) is 11.0. The number of nitrogens with one attached hydrogen (secondary N) is 3. The molecule has 0 spiro atoms. The summed E-state index contributed by atoms with van der Waals surface area (Å²) < 4.78 is 10.8. The summed E-state index contributed by atoms with van der Waals surface area (Å²) in [6.07, 6.45) is 0.837. The molecule has 0 bridgehead atoms. The smallest absolute Gasteiger partial charge is 0.251 e. The minimum absolute atomic E-state index is 0. The van der Waals surface area contributed by atoms with Crippen molar-refractivity contribution in [3.8, 4) is 11.5 Å². The van der Waals surface area contributed by atoms with Crippen LogP contribution in [0.2, 0.25) is 0 Å². The third-order valence-electron chi connectivity index (χ3n) is 4.94. The van der Waals surface area contributed by atoms with Gasteiger partial charge in [-0.15, -0.1) is 24.0 Å². The van der Waals surface area contributed by atoms with Gasteiger partial charge in [-0.25, -0.2) is 4.99 Å². The number of nitrogens with zero attached hydrogens (tertiary/aromatic N) is 2. The summed E-state index contributed by atoms with van der Waals surface area (Å²) in [5.41, 5.74) is 2.81. The Morgan fingerprint density at radius 2 is 1.82 bits per heavy atom. The Kier molecular flexibility index (Phi) is 11.2. The maximum absolute atomic E-state index is 12.4. The number of hydrogen-bond donors (Lipinski definition) is 3. The molecule has 0 unspecified atom stereocenters. The van der Waals surface area contributed by atoms with Gasteiger partial charge in [0.25, 0.3) is 5.91 Å². The monoisotopic (exact) mass is 567 g/mol. The molecule has 1 heterocycles. The summed E-state index contributed by atoms with van der Waals surface area (Å²) in [7, 11) is 3.96. The lowest BCUT2D eigenvalue weighted by molar-refractivity contribution is 0.0951. The fourth-order valence-electron chi connectivity index (χ4n) is 3.24. The van der Waals surface area contributed by atoms with Crippen LogP contribution in [0.3, 0.4) is 0 Å². The van der Waals surface area contributed by atoms with Crippen molar-refractivity contribution >= 4 is 35.8 Å². The van der Waals surface area contributed by atoms with Gasteiger partial charge in [-0.2, -0.15) is 0 Å². The van der Waals surface area contributed by atoms with Gasteiger partial charge in [-0.05, 0) is 62.8 Å². The van der Waals surface area contributed by atoms with Crippen LogP contribution >= 0.6 is 24.0 Å². The molecule has 2 aromatic carbocycles. The van der Waals surface area contributed by atoms with E-state index < -0.39 is 0 Å². The maximum atomic E-state index is 12.4. The Morgan fingerprint density at radius 1 is 1.00 bits per heavy atom. The molecule has 9 heteroatoms. The molecule has 0 aliphatic carbocycles. The number of halogens is 1. The summed E-state index contributed by atoms with van der Waals surface area (Å²) in [4.78, 5) is 19.1. The zero-order valence-corrected chi connectivity index (χ0v) is 21.8.